The molecular weight excluding hydrogens is 251 g/mol. The van der Waals surface area contributed by atoms with Gasteiger partial charge < -0.3 is 14.1 Å². The minimum Gasteiger partial charge on any atom is -0.384 e. The lowest BCUT2D eigenvalue weighted by atomic mass is 10.2. The van der Waals surface area contributed by atoms with Crippen LogP contribution < -0.4 is 0 Å². The first-order valence-electron chi connectivity index (χ1n) is 5.40. The summed E-state index contributed by atoms with van der Waals surface area (Å²) < 4.78 is 49.3. The van der Waals surface area contributed by atoms with Crippen molar-refractivity contribution in [3.05, 3.63) is 0 Å². The SMILES string of the molecule is COC(CCN(C)C)(O[Si](C)(C)C)C(F)(F)F. The number of ether oxygens (including phenoxy) is 1. The molecule has 104 valence electrons. The molecule has 0 amide bonds. The van der Waals surface area contributed by atoms with E-state index in [1.54, 1.807) is 38.6 Å². The Balaban J connectivity index is 5.03. The van der Waals surface area contributed by atoms with E-state index in [1.165, 1.54) is 0 Å². The summed E-state index contributed by atoms with van der Waals surface area (Å²) in [6.07, 6.45) is -4.76. The third-order valence-electron chi connectivity index (χ3n) is 2.12. The first-order chi connectivity index (χ1) is 7.43. The van der Waals surface area contributed by atoms with Crippen LogP contribution in [0.1, 0.15) is 6.42 Å². The smallest absolute Gasteiger partial charge is 0.384 e. The van der Waals surface area contributed by atoms with Gasteiger partial charge in [0.05, 0.1) is 0 Å². The van der Waals surface area contributed by atoms with Crippen LogP contribution in [0, 0.1) is 0 Å². The first-order valence-corrected chi connectivity index (χ1v) is 8.81. The fourth-order valence-electron chi connectivity index (χ4n) is 1.38. The number of alkyl halides is 3. The molecule has 0 aromatic rings. The Labute approximate surface area is 102 Å². The Morgan fingerprint density at radius 2 is 1.59 bits per heavy atom. The number of halogens is 3. The minimum absolute atomic E-state index is 0.232. The van der Waals surface area contributed by atoms with Gasteiger partial charge in [0.2, 0.25) is 0 Å². The van der Waals surface area contributed by atoms with Crippen molar-refractivity contribution in [2.45, 2.75) is 38.0 Å². The van der Waals surface area contributed by atoms with Gasteiger partial charge in [0.15, 0.2) is 8.32 Å². The molecule has 0 radical (unpaired) electrons. The number of nitrogens with zero attached hydrogens (tertiary/aromatic N) is 1. The molecule has 0 aromatic heterocycles. The number of methoxy groups -OCH3 is 1. The average molecular weight is 273 g/mol. The summed E-state index contributed by atoms with van der Waals surface area (Å²) in [6.45, 7) is 5.38. The summed E-state index contributed by atoms with van der Waals surface area (Å²) in [6, 6.07) is 0. The van der Waals surface area contributed by atoms with Crippen molar-refractivity contribution in [2.24, 2.45) is 0 Å². The highest BCUT2D eigenvalue weighted by Crippen LogP contribution is 2.39. The van der Waals surface area contributed by atoms with Gasteiger partial charge in [-0.05, 0) is 33.7 Å². The average Bonchev–Trinajstić information content (AvgIpc) is 2.08. The molecule has 0 bridgehead atoms. The van der Waals surface area contributed by atoms with Gasteiger partial charge in [-0.15, -0.1) is 0 Å². The van der Waals surface area contributed by atoms with E-state index in [2.05, 4.69) is 4.74 Å². The zero-order valence-electron chi connectivity index (χ0n) is 11.3. The monoisotopic (exact) mass is 273 g/mol. The largest absolute Gasteiger partial charge is 0.442 e. The molecule has 0 aromatic carbocycles. The maximum atomic E-state index is 13.1. The molecule has 7 heteroatoms. The summed E-state index contributed by atoms with van der Waals surface area (Å²) in [5.41, 5.74) is 0. The van der Waals surface area contributed by atoms with E-state index in [-0.39, 0.29) is 13.0 Å². The molecule has 1 atom stereocenters. The number of hydrogen-bond acceptors (Lipinski definition) is 3. The van der Waals surface area contributed by atoms with Gasteiger partial charge in [-0.3, -0.25) is 0 Å². The normalized spacial score (nSPS) is 17.3. The molecule has 0 saturated heterocycles. The van der Waals surface area contributed by atoms with Crippen molar-refractivity contribution in [3.63, 3.8) is 0 Å². The lowest BCUT2D eigenvalue weighted by Gasteiger charge is -2.39. The molecule has 0 spiro atoms. The zero-order chi connectivity index (χ0) is 13.9. The Bertz CT molecular complexity index is 241. The van der Waals surface area contributed by atoms with Crippen LogP contribution in [0.25, 0.3) is 0 Å². The van der Waals surface area contributed by atoms with Crippen LogP contribution in [0.2, 0.25) is 19.6 Å². The quantitative estimate of drug-likeness (QED) is 0.548. The molecule has 0 fully saturated rings. The van der Waals surface area contributed by atoms with Crippen molar-refractivity contribution < 1.29 is 22.3 Å². The van der Waals surface area contributed by atoms with E-state index in [0.717, 1.165) is 7.11 Å². The summed E-state index contributed by atoms with van der Waals surface area (Å²) in [7, 11) is 2.11. The van der Waals surface area contributed by atoms with Crippen molar-refractivity contribution in [2.75, 3.05) is 27.7 Å². The summed E-state index contributed by atoms with van der Waals surface area (Å²) >= 11 is 0. The fourth-order valence-corrected chi connectivity index (χ4v) is 2.67. The summed E-state index contributed by atoms with van der Waals surface area (Å²) in [4.78, 5) is 1.67. The van der Waals surface area contributed by atoms with Crippen molar-refractivity contribution in [1.82, 2.24) is 4.90 Å². The number of rotatable bonds is 6. The topological polar surface area (TPSA) is 21.7 Å². The summed E-state index contributed by atoms with van der Waals surface area (Å²) in [5.74, 6) is -2.48. The molecule has 0 aliphatic heterocycles. The zero-order valence-corrected chi connectivity index (χ0v) is 12.3. The predicted octanol–water partition coefficient (Wildman–Crippen LogP) is 2.69. The van der Waals surface area contributed by atoms with Gasteiger partial charge in [0, 0.05) is 20.1 Å². The maximum Gasteiger partial charge on any atom is 0.442 e. The molecular formula is C10H22F3NO2Si. The van der Waals surface area contributed by atoms with Crippen LogP contribution in [-0.2, 0) is 9.16 Å². The van der Waals surface area contributed by atoms with E-state index < -0.39 is 20.3 Å². The van der Waals surface area contributed by atoms with Gasteiger partial charge in [-0.25, -0.2) is 0 Å². The second-order valence-electron chi connectivity index (χ2n) is 5.22. The molecule has 1 unspecified atom stereocenters. The van der Waals surface area contributed by atoms with Gasteiger partial charge in [0.1, 0.15) is 0 Å². The second-order valence-corrected chi connectivity index (χ2v) is 9.65. The lowest BCUT2D eigenvalue weighted by molar-refractivity contribution is -0.351. The van der Waals surface area contributed by atoms with E-state index in [4.69, 9.17) is 4.43 Å². The van der Waals surface area contributed by atoms with Crippen LogP contribution in [0.3, 0.4) is 0 Å². The van der Waals surface area contributed by atoms with Crippen molar-refractivity contribution >= 4 is 8.32 Å². The lowest BCUT2D eigenvalue weighted by Crippen LogP contribution is -2.55. The van der Waals surface area contributed by atoms with E-state index in [9.17, 15) is 13.2 Å². The predicted molar refractivity (Wildman–Crippen MR) is 63.4 cm³/mol. The molecule has 0 N–H and O–H groups in total. The van der Waals surface area contributed by atoms with Crippen LogP contribution in [0.4, 0.5) is 13.2 Å². The molecule has 0 aliphatic rings. The molecule has 0 heterocycles. The number of hydrogen-bond donors (Lipinski definition) is 0. The third-order valence-corrected chi connectivity index (χ3v) is 3.06. The molecule has 17 heavy (non-hydrogen) atoms. The minimum atomic E-state index is -4.53. The van der Waals surface area contributed by atoms with Gasteiger partial charge in [0.25, 0.3) is 5.79 Å². The van der Waals surface area contributed by atoms with Crippen molar-refractivity contribution in [3.8, 4) is 0 Å². The van der Waals surface area contributed by atoms with Crippen LogP contribution in [0.15, 0.2) is 0 Å². The van der Waals surface area contributed by atoms with E-state index in [0.29, 0.717) is 0 Å². The van der Waals surface area contributed by atoms with Gasteiger partial charge >= 0.3 is 6.18 Å². The highest BCUT2D eigenvalue weighted by Gasteiger charge is 2.58. The van der Waals surface area contributed by atoms with E-state index >= 15 is 0 Å². The van der Waals surface area contributed by atoms with Gasteiger partial charge in [-0.2, -0.15) is 13.2 Å². The highest BCUT2D eigenvalue weighted by atomic mass is 28.4. The van der Waals surface area contributed by atoms with Crippen LogP contribution in [0.5, 0.6) is 0 Å². The molecule has 0 aliphatic carbocycles. The first kappa shape index (κ1) is 16.9. The standard InChI is InChI=1S/C10H22F3NO2Si/c1-14(2)8-7-9(15-3,10(11,12)13)16-17(4,5)6/h7-8H2,1-6H3. The third kappa shape index (κ3) is 5.37. The molecule has 0 saturated carbocycles. The van der Waals surface area contributed by atoms with E-state index in [1.807, 2.05) is 0 Å². The Morgan fingerprint density at radius 3 is 1.82 bits per heavy atom. The Morgan fingerprint density at radius 1 is 1.12 bits per heavy atom. The Kier molecular flexibility index (Phi) is 5.65. The molecule has 3 nitrogen and oxygen atoms in total. The van der Waals surface area contributed by atoms with Gasteiger partial charge in [-0.1, -0.05) is 0 Å². The Hall–Kier alpha value is -0.113. The molecule has 0 rings (SSSR count). The maximum absolute atomic E-state index is 13.1. The van der Waals surface area contributed by atoms with Crippen molar-refractivity contribution in [1.29, 1.82) is 0 Å². The fraction of sp³-hybridized carbons (Fsp3) is 1.00. The highest BCUT2D eigenvalue weighted by molar-refractivity contribution is 6.69. The summed E-state index contributed by atoms with van der Waals surface area (Å²) in [5, 5.41) is 0. The van der Waals surface area contributed by atoms with Crippen LogP contribution >= 0.6 is 0 Å². The van der Waals surface area contributed by atoms with Crippen LogP contribution in [-0.4, -0.2) is 52.9 Å². The second kappa shape index (κ2) is 5.68.